The monoisotopic (exact) mass is 500 g/mol. The minimum atomic E-state index is -2.32. The first-order valence-electron chi connectivity index (χ1n) is 11.4. The molecule has 0 rings (SSSR count). The molecule has 0 amide bonds. The van der Waals surface area contributed by atoms with Crippen LogP contribution in [0, 0.1) is 9.86 Å². The fourth-order valence-corrected chi connectivity index (χ4v) is 17.3. The van der Waals surface area contributed by atoms with Gasteiger partial charge in [-0.15, -0.1) is 0 Å². The summed E-state index contributed by atoms with van der Waals surface area (Å²) in [4.78, 5) is 0. The van der Waals surface area contributed by atoms with Crippen molar-refractivity contribution in [1.29, 1.82) is 0 Å². The van der Waals surface area contributed by atoms with Crippen LogP contribution in [-0.4, -0.2) is 33.3 Å². The van der Waals surface area contributed by atoms with E-state index in [9.17, 15) is 0 Å². The van der Waals surface area contributed by atoms with Crippen LogP contribution >= 0.6 is 0 Å². The summed E-state index contributed by atoms with van der Waals surface area (Å²) in [6.07, 6.45) is 10.3. The van der Waals surface area contributed by atoms with Gasteiger partial charge in [0.15, 0.2) is 0 Å². The molecule has 0 heterocycles. The van der Waals surface area contributed by atoms with Gasteiger partial charge in [0, 0.05) is 0 Å². The number of rotatable bonds is 12. The van der Waals surface area contributed by atoms with Crippen molar-refractivity contribution in [3.05, 3.63) is 11.6 Å². The molecular formula is C24H48OSiSn. The van der Waals surface area contributed by atoms with Gasteiger partial charge in [0.1, 0.15) is 0 Å². The fourth-order valence-electron chi connectivity index (χ4n) is 2.98. The molecule has 0 spiro atoms. The third-order valence-corrected chi connectivity index (χ3v) is 23.8. The van der Waals surface area contributed by atoms with Crippen LogP contribution in [0.4, 0.5) is 0 Å². The van der Waals surface area contributed by atoms with Crippen LogP contribution in [0.15, 0.2) is 11.6 Å². The number of allylic oxidation sites excluding steroid dienone is 1. The SMILES string of the molecule is CCC[CH2][Sn]([C]#C/C(C)=C/CO[Si](C)(C)C(C)(C)C)([CH2]CCC)[CH2]CCC. The average Bonchev–Trinajstić information content (AvgIpc) is 2.59. The quantitative estimate of drug-likeness (QED) is 0.194. The Labute approximate surface area is 177 Å². The van der Waals surface area contributed by atoms with Gasteiger partial charge >= 0.3 is 178 Å². The summed E-state index contributed by atoms with van der Waals surface area (Å²) in [5.41, 5.74) is 1.22. The van der Waals surface area contributed by atoms with Crippen LogP contribution in [0.3, 0.4) is 0 Å². The molecule has 27 heavy (non-hydrogen) atoms. The molecule has 0 aliphatic carbocycles. The zero-order valence-electron chi connectivity index (χ0n) is 20.1. The van der Waals surface area contributed by atoms with Gasteiger partial charge in [-0.05, 0) is 0 Å². The van der Waals surface area contributed by atoms with E-state index in [1.165, 1.54) is 57.4 Å². The third kappa shape index (κ3) is 11.1. The molecule has 0 saturated carbocycles. The van der Waals surface area contributed by atoms with Crippen molar-refractivity contribution in [2.45, 2.75) is 118 Å². The molecule has 0 aliphatic heterocycles. The van der Waals surface area contributed by atoms with Gasteiger partial charge in [-0.25, -0.2) is 0 Å². The van der Waals surface area contributed by atoms with Gasteiger partial charge in [0.05, 0.1) is 0 Å². The summed E-state index contributed by atoms with van der Waals surface area (Å²) in [6.45, 7) is 21.4. The molecule has 0 aromatic carbocycles. The second kappa shape index (κ2) is 13.5. The van der Waals surface area contributed by atoms with E-state index in [-0.39, 0.29) is 5.04 Å². The Balaban J connectivity index is 5.20. The molecule has 0 bridgehead atoms. The minimum absolute atomic E-state index is 0.270. The van der Waals surface area contributed by atoms with Gasteiger partial charge in [-0.1, -0.05) is 0 Å². The maximum atomic E-state index is 6.30. The van der Waals surface area contributed by atoms with E-state index < -0.39 is 26.7 Å². The Morgan fingerprint density at radius 2 is 1.37 bits per heavy atom. The second-order valence-corrected chi connectivity index (χ2v) is 26.9. The van der Waals surface area contributed by atoms with E-state index in [0.29, 0.717) is 0 Å². The molecule has 0 unspecified atom stereocenters. The van der Waals surface area contributed by atoms with Gasteiger partial charge < -0.3 is 0 Å². The molecule has 158 valence electrons. The maximum absolute atomic E-state index is 6.30. The Morgan fingerprint density at radius 3 is 1.74 bits per heavy atom. The molecule has 0 aromatic heterocycles. The Bertz CT molecular complexity index is 469. The van der Waals surface area contributed by atoms with Crippen LogP contribution in [0.5, 0.6) is 0 Å². The summed E-state index contributed by atoms with van der Waals surface area (Å²) in [6, 6.07) is 0. The van der Waals surface area contributed by atoms with Crippen molar-refractivity contribution in [3.63, 3.8) is 0 Å². The normalized spacial score (nSPS) is 13.4. The van der Waals surface area contributed by atoms with Crippen molar-refractivity contribution in [3.8, 4) is 9.86 Å². The van der Waals surface area contributed by atoms with Crippen molar-refractivity contribution >= 4 is 26.7 Å². The molecule has 0 N–H and O–H groups in total. The van der Waals surface area contributed by atoms with E-state index in [0.717, 1.165) is 6.61 Å². The molecule has 0 aliphatic rings. The van der Waals surface area contributed by atoms with Gasteiger partial charge in [-0.2, -0.15) is 0 Å². The molecule has 1 nitrogen and oxygen atoms in total. The van der Waals surface area contributed by atoms with Crippen LogP contribution in [0.1, 0.15) is 87.0 Å². The Kier molecular flexibility index (Phi) is 13.6. The zero-order valence-corrected chi connectivity index (χ0v) is 23.9. The Hall–Kier alpha value is 0.276. The van der Waals surface area contributed by atoms with Gasteiger partial charge in [-0.3, -0.25) is 0 Å². The molecular weight excluding hydrogens is 451 g/mol. The molecule has 0 atom stereocenters. The molecule has 0 fully saturated rings. The standard InChI is InChI=1S/C12H21OSi.3C4H9.Sn/c1-8-11(2)9-10-13-14(6,7)12(3,4)5;3*1-3-4-2;/h9H,10H2,2-7H3;3*1,3-4H2,2H3;/b11-9+;;;;. The van der Waals surface area contributed by atoms with E-state index in [4.69, 9.17) is 4.43 Å². The van der Waals surface area contributed by atoms with Crippen molar-refractivity contribution in [2.24, 2.45) is 0 Å². The predicted molar refractivity (Wildman–Crippen MR) is 130 cm³/mol. The summed E-state index contributed by atoms with van der Waals surface area (Å²) >= 11 is -2.32. The van der Waals surface area contributed by atoms with Crippen molar-refractivity contribution in [1.82, 2.24) is 0 Å². The van der Waals surface area contributed by atoms with Crippen LogP contribution < -0.4 is 0 Å². The third-order valence-electron chi connectivity index (χ3n) is 6.19. The zero-order chi connectivity index (χ0) is 21.0. The predicted octanol–water partition coefficient (Wildman–Crippen LogP) is 8.35. The van der Waals surface area contributed by atoms with E-state index in [2.05, 4.69) is 77.5 Å². The van der Waals surface area contributed by atoms with Gasteiger partial charge in [0.2, 0.25) is 0 Å². The second-order valence-electron chi connectivity index (χ2n) is 9.80. The number of hydrogen-bond acceptors (Lipinski definition) is 1. The molecule has 0 radical (unpaired) electrons. The average molecular weight is 499 g/mol. The first kappa shape index (κ1) is 27.3. The topological polar surface area (TPSA) is 9.23 Å². The molecule has 0 aromatic rings. The fraction of sp³-hybridized carbons (Fsp3) is 0.833. The Morgan fingerprint density at radius 1 is 0.926 bits per heavy atom. The van der Waals surface area contributed by atoms with Crippen molar-refractivity contribution < 1.29 is 4.43 Å². The summed E-state index contributed by atoms with van der Waals surface area (Å²) in [7, 11) is -1.66. The van der Waals surface area contributed by atoms with Crippen LogP contribution in [0.2, 0.25) is 31.4 Å². The first-order chi connectivity index (χ1) is 12.5. The van der Waals surface area contributed by atoms with E-state index in [1.54, 1.807) is 0 Å². The molecule has 0 saturated heterocycles. The van der Waals surface area contributed by atoms with Crippen LogP contribution in [0.25, 0.3) is 0 Å². The van der Waals surface area contributed by atoms with Gasteiger partial charge in [0.25, 0.3) is 0 Å². The summed E-state index contributed by atoms with van der Waals surface area (Å²) in [5.74, 6) is 3.62. The number of hydrogen-bond donors (Lipinski definition) is 0. The first-order valence-corrected chi connectivity index (χ1v) is 21.8. The van der Waals surface area contributed by atoms with E-state index >= 15 is 0 Å². The number of unbranched alkanes of at least 4 members (excludes halogenated alkanes) is 3. The van der Waals surface area contributed by atoms with Crippen molar-refractivity contribution in [2.75, 3.05) is 6.61 Å². The van der Waals surface area contributed by atoms with E-state index in [1.807, 2.05) is 0 Å². The molecule has 3 heteroatoms. The summed E-state index contributed by atoms with van der Waals surface area (Å²) < 4.78 is 14.7. The van der Waals surface area contributed by atoms with Crippen LogP contribution in [-0.2, 0) is 4.43 Å². The summed E-state index contributed by atoms with van der Waals surface area (Å²) in [5, 5.41) is 0.270.